The summed E-state index contributed by atoms with van der Waals surface area (Å²) in [6.45, 7) is 0. The standard InChI is InChI=1S/C10H12O5S/c1-15-10-5-3-2-4-8(10)6-9(11)7-16(12,13)14/h2-5H,6-7H2,1H3,(H,12,13,14). The zero-order valence-corrected chi connectivity index (χ0v) is 9.53. The fourth-order valence-electron chi connectivity index (χ4n) is 1.32. The number of methoxy groups -OCH3 is 1. The molecule has 16 heavy (non-hydrogen) atoms. The van der Waals surface area contributed by atoms with Gasteiger partial charge in [0.2, 0.25) is 0 Å². The summed E-state index contributed by atoms with van der Waals surface area (Å²) in [6, 6.07) is 6.81. The van der Waals surface area contributed by atoms with Gasteiger partial charge in [-0.3, -0.25) is 9.35 Å². The average Bonchev–Trinajstić information content (AvgIpc) is 2.15. The number of carbonyl (C=O) groups is 1. The van der Waals surface area contributed by atoms with Gasteiger partial charge >= 0.3 is 0 Å². The fourth-order valence-corrected chi connectivity index (χ4v) is 1.82. The Morgan fingerprint density at radius 1 is 1.38 bits per heavy atom. The third-order valence-corrected chi connectivity index (χ3v) is 2.61. The number of benzene rings is 1. The van der Waals surface area contributed by atoms with Crippen molar-refractivity contribution in [3.05, 3.63) is 29.8 Å². The number of hydrogen-bond donors (Lipinski definition) is 1. The Bertz CT molecular complexity index is 478. The maximum atomic E-state index is 11.3. The van der Waals surface area contributed by atoms with Gasteiger partial charge in [0.05, 0.1) is 7.11 Å². The smallest absolute Gasteiger partial charge is 0.272 e. The van der Waals surface area contributed by atoms with Crippen LogP contribution in [0, 0.1) is 0 Å². The number of para-hydroxylation sites is 1. The molecule has 0 saturated carbocycles. The van der Waals surface area contributed by atoms with E-state index in [0.717, 1.165) is 0 Å². The summed E-state index contributed by atoms with van der Waals surface area (Å²) in [5.74, 6) is -0.927. The summed E-state index contributed by atoms with van der Waals surface area (Å²) < 4.78 is 34.5. The molecule has 0 atom stereocenters. The molecule has 0 spiro atoms. The molecule has 88 valence electrons. The zero-order chi connectivity index (χ0) is 12.2. The highest BCUT2D eigenvalue weighted by molar-refractivity contribution is 7.86. The predicted octanol–water partition coefficient (Wildman–Crippen LogP) is 0.695. The van der Waals surface area contributed by atoms with Gasteiger partial charge in [0, 0.05) is 12.0 Å². The first-order valence-corrected chi connectivity index (χ1v) is 6.12. The summed E-state index contributed by atoms with van der Waals surface area (Å²) in [6.07, 6.45) is -0.0796. The molecule has 0 unspecified atom stereocenters. The normalized spacial score (nSPS) is 11.1. The Morgan fingerprint density at radius 3 is 2.56 bits per heavy atom. The van der Waals surface area contributed by atoms with Crippen molar-refractivity contribution in [2.45, 2.75) is 6.42 Å². The zero-order valence-electron chi connectivity index (χ0n) is 8.71. The molecular weight excluding hydrogens is 232 g/mol. The summed E-state index contributed by atoms with van der Waals surface area (Å²) in [7, 11) is -2.79. The van der Waals surface area contributed by atoms with Crippen molar-refractivity contribution in [3.8, 4) is 5.75 Å². The Balaban J connectivity index is 2.77. The highest BCUT2D eigenvalue weighted by Gasteiger charge is 2.15. The van der Waals surface area contributed by atoms with E-state index in [0.29, 0.717) is 11.3 Å². The lowest BCUT2D eigenvalue weighted by Crippen LogP contribution is -2.17. The van der Waals surface area contributed by atoms with Crippen molar-refractivity contribution in [3.63, 3.8) is 0 Å². The van der Waals surface area contributed by atoms with Crippen LogP contribution in [0.15, 0.2) is 24.3 Å². The van der Waals surface area contributed by atoms with E-state index in [-0.39, 0.29) is 6.42 Å². The minimum Gasteiger partial charge on any atom is -0.496 e. The molecule has 0 aromatic heterocycles. The maximum absolute atomic E-state index is 11.3. The van der Waals surface area contributed by atoms with Gasteiger partial charge in [0.15, 0.2) is 5.78 Å². The van der Waals surface area contributed by atoms with Gasteiger partial charge < -0.3 is 4.74 Å². The van der Waals surface area contributed by atoms with Crippen molar-refractivity contribution in [1.82, 2.24) is 0 Å². The van der Waals surface area contributed by atoms with Crippen LogP contribution < -0.4 is 4.74 Å². The van der Waals surface area contributed by atoms with E-state index in [1.807, 2.05) is 0 Å². The van der Waals surface area contributed by atoms with Crippen molar-refractivity contribution < 1.29 is 22.5 Å². The van der Waals surface area contributed by atoms with Crippen molar-refractivity contribution in [2.75, 3.05) is 12.9 Å². The predicted molar refractivity (Wildman–Crippen MR) is 58.1 cm³/mol. The summed E-state index contributed by atoms with van der Waals surface area (Å²) in [4.78, 5) is 11.3. The van der Waals surface area contributed by atoms with E-state index in [1.54, 1.807) is 24.3 Å². The van der Waals surface area contributed by atoms with Crippen LogP contribution in [0.1, 0.15) is 5.56 Å². The van der Waals surface area contributed by atoms with Gasteiger partial charge in [-0.2, -0.15) is 8.42 Å². The molecule has 0 bridgehead atoms. The second-order valence-electron chi connectivity index (χ2n) is 3.25. The first-order chi connectivity index (χ1) is 7.42. The largest absolute Gasteiger partial charge is 0.496 e. The molecule has 1 rings (SSSR count). The summed E-state index contributed by atoms with van der Waals surface area (Å²) >= 11 is 0. The SMILES string of the molecule is COc1ccccc1CC(=O)CS(=O)(=O)O. The van der Waals surface area contributed by atoms with Crippen LogP contribution in [0.25, 0.3) is 0 Å². The summed E-state index contributed by atoms with van der Waals surface area (Å²) in [5, 5.41) is 0. The lowest BCUT2D eigenvalue weighted by molar-refractivity contribution is -0.116. The van der Waals surface area contributed by atoms with E-state index >= 15 is 0 Å². The molecule has 1 aromatic rings. The minimum atomic E-state index is -4.25. The molecular formula is C10H12O5S. The lowest BCUT2D eigenvalue weighted by atomic mass is 10.1. The van der Waals surface area contributed by atoms with Gasteiger partial charge in [0.1, 0.15) is 11.5 Å². The molecule has 5 nitrogen and oxygen atoms in total. The fraction of sp³-hybridized carbons (Fsp3) is 0.300. The van der Waals surface area contributed by atoms with Gasteiger partial charge in [-0.15, -0.1) is 0 Å². The first kappa shape index (κ1) is 12.7. The Morgan fingerprint density at radius 2 is 2.00 bits per heavy atom. The van der Waals surface area contributed by atoms with Gasteiger partial charge in [-0.1, -0.05) is 18.2 Å². The van der Waals surface area contributed by atoms with E-state index in [9.17, 15) is 13.2 Å². The monoisotopic (exact) mass is 244 g/mol. The molecule has 0 saturated heterocycles. The molecule has 1 aromatic carbocycles. The molecule has 0 fully saturated rings. The number of ether oxygens (including phenoxy) is 1. The first-order valence-electron chi connectivity index (χ1n) is 4.51. The van der Waals surface area contributed by atoms with E-state index in [1.165, 1.54) is 7.11 Å². The molecule has 1 N–H and O–H groups in total. The van der Waals surface area contributed by atoms with Crippen LogP contribution in [0.4, 0.5) is 0 Å². The van der Waals surface area contributed by atoms with Crippen LogP contribution >= 0.6 is 0 Å². The number of rotatable bonds is 5. The van der Waals surface area contributed by atoms with Crippen molar-refractivity contribution >= 4 is 15.9 Å². The quantitative estimate of drug-likeness (QED) is 0.771. The topological polar surface area (TPSA) is 80.7 Å². The highest BCUT2D eigenvalue weighted by atomic mass is 32.2. The third-order valence-electron chi connectivity index (χ3n) is 1.92. The van der Waals surface area contributed by atoms with E-state index < -0.39 is 21.7 Å². The highest BCUT2D eigenvalue weighted by Crippen LogP contribution is 2.17. The molecule has 0 heterocycles. The van der Waals surface area contributed by atoms with E-state index in [2.05, 4.69) is 0 Å². The summed E-state index contributed by atoms with van der Waals surface area (Å²) in [5.41, 5.74) is 0.596. The van der Waals surface area contributed by atoms with Crippen LogP contribution in [-0.4, -0.2) is 31.6 Å². The Kier molecular flexibility index (Phi) is 4.03. The van der Waals surface area contributed by atoms with Crippen molar-refractivity contribution in [1.29, 1.82) is 0 Å². The minimum absolute atomic E-state index is 0.0796. The van der Waals surface area contributed by atoms with Crippen molar-refractivity contribution in [2.24, 2.45) is 0 Å². The molecule has 0 aliphatic carbocycles. The third kappa shape index (κ3) is 4.00. The van der Waals surface area contributed by atoms with Crippen LogP contribution in [0.2, 0.25) is 0 Å². The van der Waals surface area contributed by atoms with Crippen LogP contribution in [-0.2, 0) is 21.3 Å². The van der Waals surface area contributed by atoms with E-state index in [4.69, 9.17) is 9.29 Å². The van der Waals surface area contributed by atoms with Crippen LogP contribution in [0.3, 0.4) is 0 Å². The van der Waals surface area contributed by atoms with Gasteiger partial charge in [-0.25, -0.2) is 0 Å². The molecule has 0 radical (unpaired) electrons. The Hall–Kier alpha value is -1.40. The molecule has 0 aliphatic heterocycles. The number of Topliss-reactive ketones (excluding diaryl/α,β-unsaturated/α-hetero) is 1. The average molecular weight is 244 g/mol. The molecule has 0 amide bonds. The second kappa shape index (κ2) is 5.09. The Labute approximate surface area is 93.8 Å². The molecule has 6 heteroatoms. The molecule has 0 aliphatic rings. The second-order valence-corrected chi connectivity index (χ2v) is 4.71. The maximum Gasteiger partial charge on any atom is 0.272 e. The lowest BCUT2D eigenvalue weighted by Gasteiger charge is -2.06. The number of hydrogen-bond acceptors (Lipinski definition) is 4. The van der Waals surface area contributed by atoms with Gasteiger partial charge in [0.25, 0.3) is 10.1 Å². The van der Waals surface area contributed by atoms with Gasteiger partial charge in [-0.05, 0) is 6.07 Å². The van der Waals surface area contributed by atoms with Crippen LogP contribution in [0.5, 0.6) is 5.75 Å². The number of ketones is 1. The number of carbonyl (C=O) groups excluding carboxylic acids is 1.